The highest BCUT2D eigenvalue weighted by atomic mass is 127. The zero-order chi connectivity index (χ0) is 38.4. The van der Waals surface area contributed by atoms with Gasteiger partial charge in [0.15, 0.2) is 0 Å². The Labute approximate surface area is 300 Å². The van der Waals surface area contributed by atoms with Gasteiger partial charge in [0.2, 0.25) is 0 Å². The molecule has 0 aliphatic carbocycles. The Hall–Kier alpha value is -2.16. The number of carbonyl (C=O) groups is 2. The Bertz CT molecular complexity index is 1700. The van der Waals surface area contributed by atoms with Gasteiger partial charge in [-0.3, -0.25) is 18.6 Å². The highest BCUT2D eigenvalue weighted by Crippen LogP contribution is 2.53. The maximum Gasteiger partial charge on any atom is 0.529 e. The van der Waals surface area contributed by atoms with Crippen molar-refractivity contribution < 1.29 is 66.9 Å². The van der Waals surface area contributed by atoms with Gasteiger partial charge in [-0.25, -0.2) is 17.4 Å². The number of phosphoric ester groups is 1. The molecule has 0 heterocycles. The van der Waals surface area contributed by atoms with Gasteiger partial charge in [0, 0.05) is 40.8 Å². The van der Waals surface area contributed by atoms with E-state index in [0.717, 1.165) is 19.4 Å². The van der Waals surface area contributed by atoms with Crippen LogP contribution in [0.1, 0.15) is 45.7 Å². The summed E-state index contributed by atoms with van der Waals surface area (Å²) < 4.78 is 141. The van der Waals surface area contributed by atoms with Gasteiger partial charge in [0.25, 0.3) is 11.8 Å². The molecule has 0 fully saturated rings. The fraction of sp³-hybridized carbons (Fsp3) is 0.407. The van der Waals surface area contributed by atoms with Gasteiger partial charge in [-0.1, -0.05) is 41.4 Å². The SMILES string of the molecule is COP(=O)(OC)OC=C(Cl)Cl.Cc1cc(C(F)(C(F)(F)F)C(F)(F)F)ccc1NC(=O)c1cccc(I)c1C(=O)NC(C)(C)CS(C)(=O)=O. The van der Waals surface area contributed by atoms with Crippen LogP contribution in [0.25, 0.3) is 0 Å². The molecule has 0 aromatic heterocycles. The van der Waals surface area contributed by atoms with E-state index in [2.05, 4.69) is 24.2 Å². The lowest BCUT2D eigenvalue weighted by Gasteiger charge is -2.30. The first-order chi connectivity index (χ1) is 22.0. The number of phosphoric acid groups is 1. The molecule has 0 unspecified atom stereocenters. The molecular weight excluding hydrogens is 874 g/mol. The first-order valence-electron chi connectivity index (χ1n) is 13.0. The van der Waals surface area contributed by atoms with Crippen LogP contribution in [0.4, 0.5) is 36.4 Å². The largest absolute Gasteiger partial charge is 0.529 e. The Morgan fingerprint density at radius 1 is 0.959 bits per heavy atom. The predicted molar refractivity (Wildman–Crippen MR) is 177 cm³/mol. The van der Waals surface area contributed by atoms with Crippen LogP contribution in [0.15, 0.2) is 47.2 Å². The number of amides is 2. The van der Waals surface area contributed by atoms with Crippen molar-refractivity contribution in [3.05, 3.63) is 73.0 Å². The molecule has 22 heteroatoms. The van der Waals surface area contributed by atoms with Gasteiger partial charge >= 0.3 is 25.8 Å². The van der Waals surface area contributed by atoms with Crippen molar-refractivity contribution in [2.75, 3.05) is 31.5 Å². The van der Waals surface area contributed by atoms with Crippen LogP contribution in [0, 0.1) is 10.5 Å². The third-order valence-electron chi connectivity index (χ3n) is 5.93. The van der Waals surface area contributed by atoms with Gasteiger partial charge in [0.05, 0.1) is 16.9 Å². The lowest BCUT2D eigenvalue weighted by molar-refractivity contribution is -0.348. The van der Waals surface area contributed by atoms with E-state index in [1.807, 2.05) is 0 Å². The molecule has 0 aliphatic heterocycles. The number of carbonyl (C=O) groups excluding carboxylic acids is 2. The Kier molecular flexibility index (Phi) is 15.5. The maximum absolute atomic E-state index is 14.4. The van der Waals surface area contributed by atoms with Crippen molar-refractivity contribution in [3.8, 4) is 0 Å². The topological polar surface area (TPSA) is 137 Å². The molecule has 0 radical (unpaired) electrons. The van der Waals surface area contributed by atoms with Crippen molar-refractivity contribution in [1.82, 2.24) is 5.32 Å². The number of halogens is 10. The first-order valence-corrected chi connectivity index (χ1v) is 18.3. The summed E-state index contributed by atoms with van der Waals surface area (Å²) in [5.74, 6) is -2.14. The maximum atomic E-state index is 14.4. The molecule has 0 saturated heterocycles. The molecule has 2 amide bonds. The zero-order valence-electron chi connectivity index (χ0n) is 26.1. The summed E-state index contributed by atoms with van der Waals surface area (Å²) in [6.45, 7) is 3.99. The summed E-state index contributed by atoms with van der Waals surface area (Å²) in [6.07, 6.45) is -10.7. The first kappa shape index (κ1) is 44.9. The summed E-state index contributed by atoms with van der Waals surface area (Å²) in [6, 6.07) is 5.45. The second-order valence-electron chi connectivity index (χ2n) is 10.5. The van der Waals surface area contributed by atoms with E-state index >= 15 is 0 Å². The molecule has 0 aliphatic rings. The zero-order valence-corrected chi connectivity index (χ0v) is 31.5. The van der Waals surface area contributed by atoms with Gasteiger partial charge in [-0.15, -0.1) is 0 Å². The molecule has 276 valence electrons. The standard InChI is InChI=1S/C23H22F7IN2O4S.C4H7Cl2O4P/c1-12-10-13(21(24,22(25,26)27)23(28,29)30)8-9-16(12)32-18(34)14-6-5-7-15(31)17(14)19(35)33-20(2,3)11-38(4,36)37;1-8-11(7,9-2)10-3-4(5)6/h5-10H,11H2,1-4H3,(H,32,34)(H,33,35);3H,1-2H3. The minimum Gasteiger partial charge on any atom is -0.409 e. The van der Waals surface area contributed by atoms with Crippen molar-refractivity contribution in [3.63, 3.8) is 0 Å². The van der Waals surface area contributed by atoms with E-state index in [1.165, 1.54) is 46.3 Å². The summed E-state index contributed by atoms with van der Waals surface area (Å²) in [4.78, 5) is 26.0. The van der Waals surface area contributed by atoms with Crippen LogP contribution in [0.2, 0.25) is 0 Å². The normalized spacial score (nSPS) is 12.7. The minimum atomic E-state index is -6.30. The van der Waals surface area contributed by atoms with Crippen LogP contribution in [-0.4, -0.2) is 64.4 Å². The number of sulfone groups is 1. The highest BCUT2D eigenvalue weighted by molar-refractivity contribution is 14.1. The molecule has 0 spiro atoms. The van der Waals surface area contributed by atoms with Gasteiger partial charge in [0.1, 0.15) is 20.6 Å². The molecule has 2 rings (SSSR count). The quantitative estimate of drug-likeness (QED) is 0.0994. The number of anilines is 1. The molecule has 0 atom stereocenters. The lowest BCUT2D eigenvalue weighted by Crippen LogP contribution is -2.50. The molecule has 2 aromatic rings. The molecule has 0 saturated carbocycles. The van der Waals surface area contributed by atoms with Gasteiger partial charge in [-0.05, 0) is 67.1 Å². The highest BCUT2D eigenvalue weighted by Gasteiger charge is 2.73. The second kappa shape index (κ2) is 16.9. The summed E-state index contributed by atoms with van der Waals surface area (Å²) in [7, 11) is -4.61. The fourth-order valence-electron chi connectivity index (χ4n) is 3.97. The average Bonchev–Trinajstić information content (AvgIpc) is 2.93. The molecule has 0 bridgehead atoms. The third-order valence-corrected chi connectivity index (χ3v) is 9.51. The Morgan fingerprint density at radius 3 is 1.92 bits per heavy atom. The number of benzene rings is 2. The number of hydrogen-bond acceptors (Lipinski definition) is 8. The number of hydrogen-bond donors (Lipinski definition) is 2. The monoisotopic (exact) mass is 902 g/mol. The summed E-state index contributed by atoms with van der Waals surface area (Å²) in [5, 5.41) is 4.84. The smallest absolute Gasteiger partial charge is 0.409 e. The van der Waals surface area contributed by atoms with Crippen molar-refractivity contribution >= 4 is 81.0 Å². The third kappa shape index (κ3) is 12.5. The molecular formula is C27H29Cl2F7IN2O8PS. The lowest BCUT2D eigenvalue weighted by atomic mass is 9.92. The number of alkyl halides is 7. The van der Waals surface area contributed by atoms with Crippen molar-refractivity contribution in [2.24, 2.45) is 0 Å². The van der Waals surface area contributed by atoms with E-state index in [-0.39, 0.29) is 32.9 Å². The van der Waals surface area contributed by atoms with E-state index in [0.29, 0.717) is 15.7 Å². The number of aryl methyl sites for hydroxylation is 1. The fourth-order valence-corrected chi connectivity index (χ4v) is 6.86. The van der Waals surface area contributed by atoms with E-state index in [4.69, 9.17) is 23.2 Å². The van der Waals surface area contributed by atoms with Gasteiger partial charge in [-0.2, -0.15) is 26.3 Å². The van der Waals surface area contributed by atoms with Crippen LogP contribution in [-0.2, 0) is 33.6 Å². The van der Waals surface area contributed by atoms with Crippen LogP contribution >= 0.6 is 53.6 Å². The average molecular weight is 903 g/mol. The summed E-state index contributed by atoms with van der Waals surface area (Å²) >= 11 is 12.1. The molecule has 10 nitrogen and oxygen atoms in total. The van der Waals surface area contributed by atoms with E-state index in [1.54, 1.807) is 22.6 Å². The van der Waals surface area contributed by atoms with E-state index in [9.17, 15) is 53.3 Å². The predicted octanol–water partition coefficient (Wildman–Crippen LogP) is 8.37. The number of rotatable bonds is 11. The van der Waals surface area contributed by atoms with Crippen LogP contribution in [0.5, 0.6) is 0 Å². The van der Waals surface area contributed by atoms with E-state index < -0.39 is 64.4 Å². The Balaban J connectivity index is 0.000000933. The number of nitrogens with one attached hydrogen (secondary N) is 2. The van der Waals surface area contributed by atoms with Crippen molar-refractivity contribution in [1.29, 1.82) is 0 Å². The minimum absolute atomic E-state index is 0.140. The Morgan fingerprint density at radius 2 is 1.49 bits per heavy atom. The summed E-state index contributed by atoms with van der Waals surface area (Å²) in [5.41, 5.74) is -9.45. The molecule has 2 aromatic carbocycles. The molecule has 49 heavy (non-hydrogen) atoms. The van der Waals surface area contributed by atoms with Crippen molar-refractivity contribution in [2.45, 2.75) is 44.3 Å². The molecule has 2 N–H and O–H groups in total. The second-order valence-corrected chi connectivity index (χ2v) is 16.7. The van der Waals surface area contributed by atoms with Crippen LogP contribution < -0.4 is 10.6 Å². The van der Waals surface area contributed by atoms with Gasteiger partial charge < -0.3 is 15.2 Å². The van der Waals surface area contributed by atoms with Crippen LogP contribution in [0.3, 0.4) is 0 Å².